The van der Waals surface area contributed by atoms with Crippen LogP contribution in [0.5, 0.6) is 0 Å². The second-order valence-corrected chi connectivity index (χ2v) is 4.94. The van der Waals surface area contributed by atoms with Crippen molar-refractivity contribution in [2.45, 2.75) is 19.5 Å². The van der Waals surface area contributed by atoms with E-state index in [9.17, 15) is 33.4 Å². The summed E-state index contributed by atoms with van der Waals surface area (Å²) in [6.07, 6.45) is -6.14. The summed E-state index contributed by atoms with van der Waals surface area (Å²) in [6, 6.07) is 0.281. The molecule has 0 spiro atoms. The number of nitro benzene ring substituents is 2. The van der Waals surface area contributed by atoms with Gasteiger partial charge in [0.05, 0.1) is 28.6 Å². The van der Waals surface area contributed by atoms with Crippen LogP contribution in [0.2, 0.25) is 0 Å². The van der Waals surface area contributed by atoms with Crippen LogP contribution in [0.1, 0.15) is 11.1 Å². The Bertz CT molecular complexity index is 688. The van der Waals surface area contributed by atoms with Crippen molar-refractivity contribution >= 4 is 17.1 Å². The molecule has 1 fully saturated rings. The lowest BCUT2D eigenvalue weighted by Gasteiger charge is -2.25. The van der Waals surface area contributed by atoms with Gasteiger partial charge >= 0.3 is 11.9 Å². The van der Waals surface area contributed by atoms with Crippen molar-refractivity contribution in [3.63, 3.8) is 0 Å². The molecule has 1 aromatic rings. The number of nitrogens with zero attached hydrogens (tertiary/aromatic N) is 3. The van der Waals surface area contributed by atoms with Crippen LogP contribution in [0.3, 0.4) is 0 Å². The maximum absolute atomic E-state index is 13.1. The Labute approximate surface area is 132 Å². The average Bonchev–Trinajstić information content (AvgIpc) is 2.97. The number of halogens is 3. The van der Waals surface area contributed by atoms with Gasteiger partial charge in [-0.3, -0.25) is 20.2 Å². The van der Waals surface area contributed by atoms with E-state index < -0.39 is 50.6 Å². The number of benzene rings is 1. The first-order valence-corrected chi connectivity index (χ1v) is 6.55. The largest absolute Gasteiger partial charge is 0.417 e. The van der Waals surface area contributed by atoms with E-state index in [1.807, 2.05) is 0 Å². The number of rotatable bonds is 4. The second kappa shape index (κ2) is 6.20. The van der Waals surface area contributed by atoms with Crippen molar-refractivity contribution < 1.29 is 32.5 Å². The number of ether oxygens (including phenoxy) is 2. The van der Waals surface area contributed by atoms with Crippen molar-refractivity contribution in [3.05, 3.63) is 37.4 Å². The lowest BCUT2D eigenvalue weighted by Crippen LogP contribution is -2.33. The standard InChI is InChI=1S/C12H12F3N3O6/c1-6-7(12(13,14)15)5-8(17(19)20)10(9(6)18(21)22)16(2)11-23-3-4-24-11/h5,11H,3-4H2,1-2H3. The van der Waals surface area contributed by atoms with E-state index in [4.69, 9.17) is 9.47 Å². The fourth-order valence-corrected chi connectivity index (χ4v) is 2.42. The van der Waals surface area contributed by atoms with Gasteiger partial charge in [-0.2, -0.15) is 13.2 Å². The first kappa shape index (κ1) is 17.9. The van der Waals surface area contributed by atoms with E-state index in [0.717, 1.165) is 11.8 Å². The Hall–Kier alpha value is -2.47. The number of alkyl halides is 3. The highest BCUT2D eigenvalue weighted by atomic mass is 19.4. The van der Waals surface area contributed by atoms with Gasteiger partial charge in [0.15, 0.2) is 5.69 Å². The van der Waals surface area contributed by atoms with Gasteiger partial charge in [-0.25, -0.2) is 0 Å². The molecule has 1 aliphatic rings. The molecule has 132 valence electrons. The van der Waals surface area contributed by atoms with Crippen LogP contribution in [0.4, 0.5) is 30.2 Å². The molecule has 9 nitrogen and oxygen atoms in total. The van der Waals surface area contributed by atoms with Crippen LogP contribution in [0.15, 0.2) is 6.07 Å². The first-order chi connectivity index (χ1) is 11.1. The minimum Gasteiger partial charge on any atom is -0.333 e. The highest BCUT2D eigenvalue weighted by Crippen LogP contribution is 2.46. The van der Waals surface area contributed by atoms with E-state index in [0.29, 0.717) is 0 Å². The topological polar surface area (TPSA) is 108 Å². The predicted molar refractivity (Wildman–Crippen MR) is 73.6 cm³/mol. The summed E-state index contributed by atoms with van der Waals surface area (Å²) >= 11 is 0. The molecule has 0 aliphatic carbocycles. The molecule has 0 bridgehead atoms. The normalized spacial score (nSPS) is 15.5. The summed E-state index contributed by atoms with van der Waals surface area (Å²) in [4.78, 5) is 21.3. The summed E-state index contributed by atoms with van der Waals surface area (Å²) in [5, 5.41) is 22.5. The third kappa shape index (κ3) is 3.10. The van der Waals surface area contributed by atoms with Gasteiger partial charge in [0.1, 0.15) is 0 Å². The summed E-state index contributed by atoms with van der Waals surface area (Å²) in [6.45, 7) is 1.19. The molecule has 24 heavy (non-hydrogen) atoms. The lowest BCUT2D eigenvalue weighted by atomic mass is 10.0. The Kier molecular flexibility index (Phi) is 4.62. The number of anilines is 1. The highest BCUT2D eigenvalue weighted by Gasteiger charge is 2.43. The molecule has 12 heteroatoms. The molecule has 1 heterocycles. The minimum atomic E-state index is -4.98. The second-order valence-electron chi connectivity index (χ2n) is 4.94. The maximum atomic E-state index is 13.1. The SMILES string of the molecule is Cc1c(C(F)(F)F)cc([N+](=O)[O-])c(N(C)C2OCCO2)c1[N+](=O)[O-]. The monoisotopic (exact) mass is 351 g/mol. The molecule has 0 atom stereocenters. The smallest absolute Gasteiger partial charge is 0.333 e. The van der Waals surface area contributed by atoms with Gasteiger partial charge < -0.3 is 14.4 Å². The van der Waals surface area contributed by atoms with E-state index in [-0.39, 0.29) is 19.3 Å². The van der Waals surface area contributed by atoms with Gasteiger partial charge in [-0.05, 0) is 6.92 Å². The Morgan fingerprint density at radius 3 is 2.17 bits per heavy atom. The van der Waals surface area contributed by atoms with E-state index in [1.54, 1.807) is 0 Å². The van der Waals surface area contributed by atoms with E-state index in [1.165, 1.54) is 7.05 Å². The Morgan fingerprint density at radius 1 is 1.21 bits per heavy atom. The van der Waals surface area contributed by atoms with Crippen LogP contribution < -0.4 is 4.90 Å². The van der Waals surface area contributed by atoms with Crippen molar-refractivity contribution in [2.75, 3.05) is 25.2 Å². The molecule has 0 aromatic heterocycles. The summed E-state index contributed by atoms with van der Waals surface area (Å²) in [7, 11) is 1.21. The Balaban J connectivity index is 2.78. The molecule has 0 radical (unpaired) electrons. The number of hydrogen-bond donors (Lipinski definition) is 0. The fourth-order valence-electron chi connectivity index (χ4n) is 2.42. The van der Waals surface area contributed by atoms with E-state index >= 15 is 0 Å². The summed E-state index contributed by atoms with van der Waals surface area (Å²) in [5.41, 5.74) is -4.84. The van der Waals surface area contributed by atoms with Crippen molar-refractivity contribution in [1.29, 1.82) is 0 Å². The van der Waals surface area contributed by atoms with Crippen LogP contribution in [0.25, 0.3) is 0 Å². The van der Waals surface area contributed by atoms with Gasteiger partial charge in [0.2, 0.25) is 6.41 Å². The van der Waals surface area contributed by atoms with Crippen LogP contribution >= 0.6 is 0 Å². The molecule has 0 unspecified atom stereocenters. The molecule has 0 N–H and O–H groups in total. The molecule has 0 saturated carbocycles. The molecular weight excluding hydrogens is 339 g/mol. The van der Waals surface area contributed by atoms with Crippen molar-refractivity contribution in [1.82, 2.24) is 0 Å². The molecule has 1 aliphatic heterocycles. The zero-order valence-corrected chi connectivity index (χ0v) is 12.5. The van der Waals surface area contributed by atoms with Gasteiger partial charge in [-0.15, -0.1) is 0 Å². The molecule has 1 aromatic carbocycles. The number of nitro groups is 2. The summed E-state index contributed by atoms with van der Waals surface area (Å²) in [5.74, 6) is 0. The maximum Gasteiger partial charge on any atom is 0.417 e. The minimum absolute atomic E-state index is 0.149. The molecular formula is C12H12F3N3O6. The van der Waals surface area contributed by atoms with Gasteiger partial charge in [0.25, 0.3) is 5.69 Å². The van der Waals surface area contributed by atoms with Crippen LogP contribution in [-0.4, -0.2) is 36.5 Å². The molecule has 2 rings (SSSR count). The van der Waals surface area contributed by atoms with Crippen molar-refractivity contribution in [3.8, 4) is 0 Å². The fraction of sp³-hybridized carbons (Fsp3) is 0.500. The van der Waals surface area contributed by atoms with Gasteiger partial charge in [-0.1, -0.05) is 0 Å². The quantitative estimate of drug-likeness (QED) is 0.606. The number of hydrogen-bond acceptors (Lipinski definition) is 7. The average molecular weight is 351 g/mol. The van der Waals surface area contributed by atoms with Gasteiger partial charge in [0, 0.05) is 18.7 Å². The zero-order valence-electron chi connectivity index (χ0n) is 12.5. The predicted octanol–water partition coefficient (Wildman–Crippen LogP) is 2.60. The first-order valence-electron chi connectivity index (χ1n) is 6.55. The van der Waals surface area contributed by atoms with Crippen LogP contribution in [0, 0.1) is 27.2 Å². The third-order valence-corrected chi connectivity index (χ3v) is 3.46. The van der Waals surface area contributed by atoms with Crippen molar-refractivity contribution in [2.24, 2.45) is 0 Å². The zero-order chi connectivity index (χ0) is 18.2. The van der Waals surface area contributed by atoms with Crippen LogP contribution in [-0.2, 0) is 15.7 Å². The molecule has 1 saturated heterocycles. The molecule has 0 amide bonds. The highest BCUT2D eigenvalue weighted by molar-refractivity contribution is 5.79. The van der Waals surface area contributed by atoms with E-state index in [2.05, 4.69) is 0 Å². The summed E-state index contributed by atoms with van der Waals surface area (Å²) < 4.78 is 49.4. The third-order valence-electron chi connectivity index (χ3n) is 3.46. The lowest BCUT2D eigenvalue weighted by molar-refractivity contribution is -0.393. The Morgan fingerprint density at radius 2 is 1.75 bits per heavy atom.